The lowest BCUT2D eigenvalue weighted by atomic mass is 9.95. The van der Waals surface area contributed by atoms with Crippen LogP contribution in [0.1, 0.15) is 24.4 Å². The van der Waals surface area contributed by atoms with Crippen LogP contribution in [0, 0.1) is 5.92 Å². The van der Waals surface area contributed by atoms with E-state index >= 15 is 0 Å². The van der Waals surface area contributed by atoms with Crippen LogP contribution in [0.4, 0.5) is 0 Å². The van der Waals surface area contributed by atoms with Gasteiger partial charge in [0, 0.05) is 32.2 Å². The molecule has 4 rings (SSSR count). The van der Waals surface area contributed by atoms with Gasteiger partial charge in [0.2, 0.25) is 0 Å². The average molecular weight is 365 g/mol. The Labute approximate surface area is 157 Å². The van der Waals surface area contributed by atoms with Crippen LogP contribution in [0.2, 0.25) is 0 Å². The maximum absolute atomic E-state index is 3.48. The Bertz CT molecular complexity index is 623. The van der Waals surface area contributed by atoms with Crippen LogP contribution in [0.5, 0.6) is 0 Å². The molecule has 130 valence electrons. The zero-order valence-electron chi connectivity index (χ0n) is 13.9. The standard InChI is InChI=1S/C20H24N2.2ClH/c1-2-5-16(6-3-1)18-7-4-8-19(15-18)20(17-9-10-17)22-13-11-21-12-14-22;;/h1-8,15,17,20-21H,9-14H2;2*1H/t20-;;/m0../s1. The largest absolute Gasteiger partial charge is 0.314 e. The number of nitrogens with one attached hydrogen (secondary N) is 1. The van der Waals surface area contributed by atoms with Gasteiger partial charge in [0.15, 0.2) is 0 Å². The Kier molecular flexibility index (Phi) is 7.12. The van der Waals surface area contributed by atoms with E-state index in [1.54, 1.807) is 0 Å². The Morgan fingerprint density at radius 3 is 2.17 bits per heavy atom. The molecule has 0 aromatic heterocycles. The van der Waals surface area contributed by atoms with Crippen LogP contribution >= 0.6 is 24.8 Å². The number of nitrogens with zero attached hydrogens (tertiary/aromatic N) is 1. The molecule has 1 atom stereocenters. The van der Waals surface area contributed by atoms with Gasteiger partial charge < -0.3 is 5.32 Å². The normalized spacial score (nSPS) is 19.0. The summed E-state index contributed by atoms with van der Waals surface area (Å²) < 4.78 is 0. The summed E-state index contributed by atoms with van der Waals surface area (Å²) >= 11 is 0. The molecule has 1 aliphatic heterocycles. The molecule has 24 heavy (non-hydrogen) atoms. The van der Waals surface area contributed by atoms with E-state index in [4.69, 9.17) is 0 Å². The second-order valence-electron chi connectivity index (χ2n) is 6.56. The first-order valence-electron chi connectivity index (χ1n) is 8.52. The molecule has 0 spiro atoms. The van der Waals surface area contributed by atoms with Gasteiger partial charge in [0.05, 0.1) is 0 Å². The summed E-state index contributed by atoms with van der Waals surface area (Å²) in [6.07, 6.45) is 2.79. The summed E-state index contributed by atoms with van der Waals surface area (Å²) in [5.74, 6) is 0.865. The average Bonchev–Trinajstić information content (AvgIpc) is 3.42. The van der Waals surface area contributed by atoms with Crippen molar-refractivity contribution in [3.05, 3.63) is 60.2 Å². The van der Waals surface area contributed by atoms with Gasteiger partial charge in [-0.1, -0.05) is 48.5 Å². The quantitative estimate of drug-likeness (QED) is 0.855. The van der Waals surface area contributed by atoms with Gasteiger partial charge in [-0.15, -0.1) is 24.8 Å². The molecule has 2 aliphatic rings. The summed E-state index contributed by atoms with van der Waals surface area (Å²) in [5, 5.41) is 3.48. The van der Waals surface area contributed by atoms with E-state index in [2.05, 4.69) is 64.8 Å². The van der Waals surface area contributed by atoms with Crippen molar-refractivity contribution < 1.29 is 0 Å². The second kappa shape index (κ2) is 8.87. The summed E-state index contributed by atoms with van der Waals surface area (Å²) in [5.41, 5.74) is 4.17. The number of piperazine rings is 1. The number of halogens is 2. The fourth-order valence-electron chi connectivity index (χ4n) is 3.69. The predicted molar refractivity (Wildman–Crippen MR) is 106 cm³/mol. The molecule has 4 heteroatoms. The maximum atomic E-state index is 3.48. The molecule has 2 nitrogen and oxygen atoms in total. The first kappa shape index (κ1) is 19.3. The molecule has 1 N–H and O–H groups in total. The Morgan fingerprint density at radius 2 is 1.50 bits per heavy atom. The second-order valence-corrected chi connectivity index (χ2v) is 6.56. The topological polar surface area (TPSA) is 15.3 Å². The molecule has 0 amide bonds. The van der Waals surface area contributed by atoms with Crippen molar-refractivity contribution in [2.75, 3.05) is 26.2 Å². The van der Waals surface area contributed by atoms with Gasteiger partial charge in [-0.05, 0) is 41.5 Å². The Hall–Kier alpha value is -1.06. The predicted octanol–water partition coefficient (Wildman–Crippen LogP) is 4.55. The third-order valence-electron chi connectivity index (χ3n) is 4.95. The molecule has 2 aromatic carbocycles. The molecule has 0 bridgehead atoms. The molecule has 2 fully saturated rings. The fraction of sp³-hybridized carbons (Fsp3) is 0.400. The molecule has 1 saturated heterocycles. The summed E-state index contributed by atoms with van der Waals surface area (Å²) in [6.45, 7) is 4.61. The summed E-state index contributed by atoms with van der Waals surface area (Å²) in [6, 6.07) is 20.6. The minimum atomic E-state index is 0. The highest BCUT2D eigenvalue weighted by Gasteiger charge is 2.36. The van der Waals surface area contributed by atoms with Gasteiger partial charge in [-0.25, -0.2) is 0 Å². The smallest absolute Gasteiger partial charge is 0.0377 e. The molecule has 2 aromatic rings. The first-order valence-corrected chi connectivity index (χ1v) is 8.52. The third kappa shape index (κ3) is 4.31. The fourth-order valence-corrected chi connectivity index (χ4v) is 3.69. The van der Waals surface area contributed by atoms with Crippen molar-refractivity contribution in [1.29, 1.82) is 0 Å². The van der Waals surface area contributed by atoms with Crippen LogP contribution in [0.3, 0.4) is 0 Å². The van der Waals surface area contributed by atoms with Gasteiger partial charge >= 0.3 is 0 Å². The van der Waals surface area contributed by atoms with Gasteiger partial charge in [-0.2, -0.15) is 0 Å². The van der Waals surface area contributed by atoms with Gasteiger partial charge in [0.1, 0.15) is 0 Å². The summed E-state index contributed by atoms with van der Waals surface area (Å²) in [4.78, 5) is 2.69. The lowest BCUT2D eigenvalue weighted by Crippen LogP contribution is -2.45. The van der Waals surface area contributed by atoms with E-state index in [9.17, 15) is 0 Å². The van der Waals surface area contributed by atoms with E-state index in [1.165, 1.54) is 42.6 Å². The highest BCUT2D eigenvalue weighted by molar-refractivity contribution is 5.85. The first-order chi connectivity index (χ1) is 10.9. The van der Waals surface area contributed by atoms with E-state index in [-0.39, 0.29) is 24.8 Å². The third-order valence-corrected chi connectivity index (χ3v) is 4.95. The van der Waals surface area contributed by atoms with Crippen molar-refractivity contribution in [2.45, 2.75) is 18.9 Å². The lowest BCUT2D eigenvalue weighted by Gasteiger charge is -2.35. The highest BCUT2D eigenvalue weighted by atomic mass is 35.5. The Morgan fingerprint density at radius 1 is 0.833 bits per heavy atom. The number of rotatable bonds is 4. The van der Waals surface area contributed by atoms with Gasteiger partial charge in [-0.3, -0.25) is 4.90 Å². The van der Waals surface area contributed by atoms with Crippen molar-refractivity contribution in [3.8, 4) is 11.1 Å². The minimum Gasteiger partial charge on any atom is -0.314 e. The van der Waals surface area contributed by atoms with E-state index in [1.807, 2.05) is 0 Å². The van der Waals surface area contributed by atoms with Crippen molar-refractivity contribution in [2.24, 2.45) is 5.92 Å². The number of hydrogen-bond acceptors (Lipinski definition) is 2. The Balaban J connectivity index is 0.00000104. The zero-order valence-corrected chi connectivity index (χ0v) is 15.5. The molecular formula is C20H26Cl2N2. The van der Waals surface area contributed by atoms with Crippen molar-refractivity contribution in [3.63, 3.8) is 0 Å². The SMILES string of the molecule is Cl.Cl.c1ccc(-c2cccc([C@H](C3CC3)N3CCNCC3)c2)cc1. The monoisotopic (exact) mass is 364 g/mol. The molecule has 1 saturated carbocycles. The molecule has 0 unspecified atom stereocenters. The van der Waals surface area contributed by atoms with E-state index < -0.39 is 0 Å². The van der Waals surface area contributed by atoms with E-state index in [0.717, 1.165) is 19.0 Å². The van der Waals surface area contributed by atoms with Crippen molar-refractivity contribution in [1.82, 2.24) is 10.2 Å². The highest BCUT2D eigenvalue weighted by Crippen LogP contribution is 2.45. The summed E-state index contributed by atoms with van der Waals surface area (Å²) in [7, 11) is 0. The number of benzene rings is 2. The molecule has 0 radical (unpaired) electrons. The number of hydrogen-bond donors (Lipinski definition) is 1. The lowest BCUT2D eigenvalue weighted by molar-refractivity contribution is 0.156. The minimum absolute atomic E-state index is 0. The van der Waals surface area contributed by atoms with Crippen LogP contribution in [0.15, 0.2) is 54.6 Å². The van der Waals surface area contributed by atoms with Crippen molar-refractivity contribution >= 4 is 24.8 Å². The van der Waals surface area contributed by atoms with Gasteiger partial charge in [0.25, 0.3) is 0 Å². The molecule has 1 heterocycles. The van der Waals surface area contributed by atoms with E-state index in [0.29, 0.717) is 6.04 Å². The van der Waals surface area contributed by atoms with Crippen LogP contribution in [0.25, 0.3) is 11.1 Å². The van der Waals surface area contributed by atoms with Crippen LogP contribution in [-0.2, 0) is 0 Å². The maximum Gasteiger partial charge on any atom is 0.0377 e. The van der Waals surface area contributed by atoms with Crippen LogP contribution < -0.4 is 5.32 Å². The van der Waals surface area contributed by atoms with Crippen LogP contribution in [-0.4, -0.2) is 31.1 Å². The zero-order chi connectivity index (χ0) is 14.8. The molecule has 1 aliphatic carbocycles. The molecular weight excluding hydrogens is 339 g/mol.